The molecule has 0 N–H and O–H groups in total. The highest BCUT2D eigenvalue weighted by Gasteiger charge is 2.01. The molecule has 0 aliphatic carbocycles. The number of rotatable bonds is 22. The SMILES string of the molecule is CCCCCCCCCCCCCC#Cc1ccc2cc3cc(C#CCCCCCCCCCCCCC)ccc3cc2c1. The maximum atomic E-state index is 3.43. The molecule has 0 aliphatic heterocycles. The smallest absolute Gasteiger partial charge is 0.0251 e. The lowest BCUT2D eigenvalue weighted by atomic mass is 10.00. The summed E-state index contributed by atoms with van der Waals surface area (Å²) in [5.74, 6) is 13.7. The number of hydrogen-bond acceptors (Lipinski definition) is 0. The van der Waals surface area contributed by atoms with E-state index < -0.39 is 0 Å². The van der Waals surface area contributed by atoms with Gasteiger partial charge in [-0.2, -0.15) is 0 Å². The van der Waals surface area contributed by atoms with Crippen molar-refractivity contribution in [3.63, 3.8) is 0 Å². The molecule has 0 saturated carbocycles. The molecule has 0 spiro atoms. The largest absolute Gasteiger partial charge is 0.0979 e. The molecule has 0 heteroatoms. The molecule has 3 rings (SSSR count). The van der Waals surface area contributed by atoms with Crippen molar-refractivity contribution < 1.29 is 0 Å². The average Bonchev–Trinajstić information content (AvgIpc) is 3.04. The zero-order valence-electron chi connectivity index (χ0n) is 28.6. The van der Waals surface area contributed by atoms with Crippen molar-refractivity contribution in [1.29, 1.82) is 0 Å². The molecule has 238 valence electrons. The molecule has 0 saturated heterocycles. The Hall–Kier alpha value is -2.70. The predicted molar refractivity (Wildman–Crippen MR) is 197 cm³/mol. The molecule has 0 atom stereocenters. The molecule has 3 aromatic carbocycles. The van der Waals surface area contributed by atoms with Crippen molar-refractivity contribution in [3.8, 4) is 23.7 Å². The average molecular weight is 591 g/mol. The zero-order valence-corrected chi connectivity index (χ0v) is 28.6. The monoisotopic (exact) mass is 590 g/mol. The molecular weight excluding hydrogens is 528 g/mol. The van der Waals surface area contributed by atoms with Crippen molar-refractivity contribution in [2.75, 3.05) is 0 Å². The van der Waals surface area contributed by atoms with Gasteiger partial charge in [0, 0.05) is 24.0 Å². The van der Waals surface area contributed by atoms with E-state index in [9.17, 15) is 0 Å². The first-order chi connectivity index (χ1) is 21.8. The van der Waals surface area contributed by atoms with Crippen LogP contribution in [0.3, 0.4) is 0 Å². The molecule has 3 aromatic rings. The van der Waals surface area contributed by atoms with E-state index in [1.165, 1.54) is 163 Å². The predicted octanol–water partition coefficient (Wildman–Crippen LogP) is 14.1. The Morgan fingerprint density at radius 2 is 0.659 bits per heavy atom. The summed E-state index contributed by atoms with van der Waals surface area (Å²) < 4.78 is 0. The van der Waals surface area contributed by atoms with E-state index in [1.54, 1.807) is 0 Å². The maximum Gasteiger partial charge on any atom is 0.0251 e. The van der Waals surface area contributed by atoms with Gasteiger partial charge in [0.1, 0.15) is 0 Å². The molecule has 0 unspecified atom stereocenters. The van der Waals surface area contributed by atoms with Crippen molar-refractivity contribution >= 4 is 21.5 Å². The Balaban J connectivity index is 1.33. The first-order valence-electron chi connectivity index (χ1n) is 18.8. The topological polar surface area (TPSA) is 0 Å². The fourth-order valence-electron chi connectivity index (χ4n) is 6.24. The van der Waals surface area contributed by atoms with E-state index in [1.807, 2.05) is 0 Å². The van der Waals surface area contributed by atoms with E-state index in [0.29, 0.717) is 0 Å². The summed E-state index contributed by atoms with van der Waals surface area (Å²) in [6, 6.07) is 17.9. The van der Waals surface area contributed by atoms with Gasteiger partial charge in [-0.1, -0.05) is 178 Å². The van der Waals surface area contributed by atoms with E-state index >= 15 is 0 Å². The molecule has 0 amide bonds. The molecule has 0 aromatic heterocycles. The van der Waals surface area contributed by atoms with Gasteiger partial charge in [-0.05, 0) is 70.8 Å². The molecular formula is C44H62. The second kappa shape index (κ2) is 23.7. The van der Waals surface area contributed by atoms with E-state index in [4.69, 9.17) is 0 Å². The molecule has 0 fully saturated rings. The number of unbranched alkanes of at least 4 members (excludes halogenated alkanes) is 22. The fraction of sp³-hybridized carbons (Fsp3) is 0.591. The third kappa shape index (κ3) is 15.3. The Kier molecular flexibility index (Phi) is 19.2. The van der Waals surface area contributed by atoms with Gasteiger partial charge in [-0.3, -0.25) is 0 Å². The second-order valence-electron chi connectivity index (χ2n) is 13.2. The van der Waals surface area contributed by atoms with Crippen LogP contribution in [-0.2, 0) is 0 Å². The minimum atomic E-state index is 1.01. The van der Waals surface area contributed by atoms with E-state index in [2.05, 4.69) is 86.1 Å². The third-order valence-corrected chi connectivity index (χ3v) is 9.07. The van der Waals surface area contributed by atoms with Gasteiger partial charge in [0.25, 0.3) is 0 Å². The van der Waals surface area contributed by atoms with E-state index in [0.717, 1.165) is 24.0 Å². The van der Waals surface area contributed by atoms with Gasteiger partial charge < -0.3 is 0 Å². The number of fused-ring (bicyclic) bond motifs is 2. The summed E-state index contributed by atoms with van der Waals surface area (Å²) >= 11 is 0. The van der Waals surface area contributed by atoms with Gasteiger partial charge >= 0.3 is 0 Å². The lowest BCUT2D eigenvalue weighted by Gasteiger charge is -2.04. The van der Waals surface area contributed by atoms with Gasteiger partial charge in [0.2, 0.25) is 0 Å². The fourth-order valence-corrected chi connectivity index (χ4v) is 6.24. The molecule has 0 aliphatic rings. The maximum absolute atomic E-state index is 3.43. The van der Waals surface area contributed by atoms with Crippen molar-refractivity contribution in [2.45, 2.75) is 168 Å². The standard InChI is InChI=1S/C44H62/c1-3-5-7-9-11-13-15-17-19-21-23-25-27-29-39-31-33-41-38-44-36-40(32-34-42(44)37-43(41)35-39)30-28-26-24-22-20-18-16-14-12-10-8-6-4-2/h31-38H,3-26H2,1-2H3. The first kappa shape index (κ1) is 35.8. The minimum absolute atomic E-state index is 1.01. The second-order valence-corrected chi connectivity index (χ2v) is 13.2. The lowest BCUT2D eigenvalue weighted by Crippen LogP contribution is -1.83. The van der Waals surface area contributed by atoms with Crippen LogP contribution in [0.5, 0.6) is 0 Å². The quantitative estimate of drug-likeness (QED) is 0.0620. The Labute approximate surface area is 272 Å². The van der Waals surface area contributed by atoms with Crippen LogP contribution in [0.2, 0.25) is 0 Å². The molecule has 0 radical (unpaired) electrons. The van der Waals surface area contributed by atoms with Crippen LogP contribution in [0.1, 0.15) is 179 Å². The molecule has 0 bridgehead atoms. The van der Waals surface area contributed by atoms with Crippen molar-refractivity contribution in [2.24, 2.45) is 0 Å². The highest BCUT2D eigenvalue weighted by Crippen LogP contribution is 2.25. The molecule has 0 nitrogen and oxygen atoms in total. The number of hydrogen-bond donors (Lipinski definition) is 0. The Bertz CT molecular complexity index is 1200. The van der Waals surface area contributed by atoms with Crippen LogP contribution in [0.4, 0.5) is 0 Å². The lowest BCUT2D eigenvalue weighted by molar-refractivity contribution is 0.551. The highest BCUT2D eigenvalue weighted by atomic mass is 14.0. The highest BCUT2D eigenvalue weighted by molar-refractivity contribution is 5.99. The van der Waals surface area contributed by atoms with Gasteiger partial charge in [-0.15, -0.1) is 0 Å². The van der Waals surface area contributed by atoms with Crippen molar-refractivity contribution in [1.82, 2.24) is 0 Å². The molecule has 0 heterocycles. The summed E-state index contributed by atoms with van der Waals surface area (Å²) in [5.41, 5.74) is 2.26. The number of benzene rings is 3. The summed E-state index contributed by atoms with van der Waals surface area (Å²) in [5, 5.41) is 5.10. The van der Waals surface area contributed by atoms with Crippen LogP contribution in [-0.4, -0.2) is 0 Å². The summed E-state index contributed by atoms with van der Waals surface area (Å²) in [6.07, 6.45) is 32.4. The third-order valence-electron chi connectivity index (χ3n) is 9.07. The molecule has 44 heavy (non-hydrogen) atoms. The summed E-state index contributed by atoms with van der Waals surface area (Å²) in [4.78, 5) is 0. The summed E-state index contributed by atoms with van der Waals surface area (Å²) in [7, 11) is 0. The van der Waals surface area contributed by atoms with Gasteiger partial charge in [-0.25, -0.2) is 0 Å². The Morgan fingerprint density at radius 3 is 1.00 bits per heavy atom. The normalized spacial score (nSPS) is 11.0. The van der Waals surface area contributed by atoms with Crippen LogP contribution in [0.15, 0.2) is 48.5 Å². The van der Waals surface area contributed by atoms with Crippen LogP contribution in [0.25, 0.3) is 21.5 Å². The minimum Gasteiger partial charge on any atom is -0.0979 e. The summed E-state index contributed by atoms with van der Waals surface area (Å²) in [6.45, 7) is 4.58. The first-order valence-corrected chi connectivity index (χ1v) is 18.8. The van der Waals surface area contributed by atoms with Crippen LogP contribution >= 0.6 is 0 Å². The zero-order chi connectivity index (χ0) is 30.9. The van der Waals surface area contributed by atoms with Crippen LogP contribution < -0.4 is 0 Å². The van der Waals surface area contributed by atoms with E-state index in [-0.39, 0.29) is 0 Å². The van der Waals surface area contributed by atoms with Gasteiger partial charge in [0.05, 0.1) is 0 Å². The van der Waals surface area contributed by atoms with Gasteiger partial charge in [0.15, 0.2) is 0 Å². The Morgan fingerprint density at radius 1 is 0.341 bits per heavy atom. The van der Waals surface area contributed by atoms with Crippen LogP contribution in [0, 0.1) is 23.7 Å². The van der Waals surface area contributed by atoms with Crippen molar-refractivity contribution in [3.05, 3.63) is 59.7 Å².